The van der Waals surface area contributed by atoms with Gasteiger partial charge < -0.3 is 47.4 Å². The molecule has 0 N–H and O–H groups in total. The average Bonchev–Trinajstić information content (AvgIpc) is 1.57. The van der Waals surface area contributed by atoms with Crippen LogP contribution < -0.4 is 0 Å². The van der Waals surface area contributed by atoms with Crippen molar-refractivity contribution in [2.45, 2.75) is 443 Å². The molecule has 0 aliphatic heterocycles. The molecule has 15 atom stereocenters. The van der Waals surface area contributed by atoms with Crippen LogP contribution in [0.1, 0.15) is 413 Å². The summed E-state index contributed by atoms with van der Waals surface area (Å²) in [7, 11) is 0. The molecular weight excluding hydrogens is 1480 g/mol. The lowest BCUT2D eigenvalue weighted by Crippen LogP contribution is -2.51. The Bertz CT molecular complexity index is 2620. The maximum Gasteiger partial charge on any atom is 0.0690 e. The molecule has 23 aliphatic carbocycles. The zero-order valence-corrected chi connectivity index (χ0v) is 82.1. The molecule has 23 saturated carbocycles. The lowest BCUT2D eigenvalue weighted by Gasteiger charge is -2.56. The average molecular weight is 1680 g/mol. The predicted octanol–water partition coefficient (Wildman–Crippen LogP) is 28.9. The molecule has 0 heterocycles. The van der Waals surface area contributed by atoms with Crippen LogP contribution in [0.25, 0.3) is 0 Å². The van der Waals surface area contributed by atoms with Gasteiger partial charge in [-0.15, -0.1) is 0 Å². The van der Waals surface area contributed by atoms with Crippen molar-refractivity contribution in [3.8, 4) is 0 Å². The predicted molar refractivity (Wildman–Crippen MR) is 501 cm³/mol. The summed E-state index contributed by atoms with van der Waals surface area (Å²) in [4.78, 5) is 0. The van der Waals surface area contributed by atoms with E-state index in [2.05, 4.69) is 111 Å². The third-order valence-corrected chi connectivity index (χ3v) is 37.2. The molecule has 0 saturated heterocycles. The van der Waals surface area contributed by atoms with Crippen molar-refractivity contribution >= 4 is 0 Å². The minimum atomic E-state index is 0.351. The highest BCUT2D eigenvalue weighted by atomic mass is 16.5. The van der Waals surface area contributed by atoms with Gasteiger partial charge in [-0.1, -0.05) is 112 Å². The first-order valence-corrected chi connectivity index (χ1v) is 54.2. The van der Waals surface area contributed by atoms with E-state index >= 15 is 0 Å². The normalized spacial score (nSPS) is 41.3. The molecule has 23 fully saturated rings. The SMILES string of the molecule is CCOC12CC3CC(CC(C3)C1)C2.CCOC1C2CC3CC(C2)CC1C3.CCOC1CC(C)CCC1C(C)C.CCOC1CC2CCC1(C)C2(C)C.CCOC1CC2CCC1C2.CCOCC12CC3CC(CC(C3)C1)C2.CCOCC1CC2CCC1C2.CCOCC1CCCCC1.CCOCCC1CC2CCC1C2.CCOCCC1CCCCC1. The molecule has 120 heavy (non-hydrogen) atoms. The highest BCUT2D eigenvalue weighted by Gasteiger charge is 2.62. The molecule has 0 aromatic heterocycles. The maximum atomic E-state index is 6.04. The van der Waals surface area contributed by atoms with E-state index in [-0.39, 0.29) is 0 Å². The Labute approximate surface area is 743 Å². The smallest absolute Gasteiger partial charge is 0.0690 e. The van der Waals surface area contributed by atoms with E-state index in [0.717, 1.165) is 241 Å². The van der Waals surface area contributed by atoms with Crippen LogP contribution in [0.3, 0.4) is 0 Å². The number of rotatable bonds is 28. The summed E-state index contributed by atoms with van der Waals surface area (Å²) >= 11 is 0. The van der Waals surface area contributed by atoms with Crippen molar-refractivity contribution in [2.75, 3.05) is 99.1 Å². The second-order valence-corrected chi connectivity index (χ2v) is 46.2. The van der Waals surface area contributed by atoms with Crippen molar-refractivity contribution in [1.29, 1.82) is 0 Å². The van der Waals surface area contributed by atoms with Crippen molar-refractivity contribution in [3.05, 3.63) is 0 Å². The highest BCUT2D eigenvalue weighted by molar-refractivity contribution is 5.11. The highest BCUT2D eigenvalue weighted by Crippen LogP contribution is 2.67. The molecule has 700 valence electrons. The Morgan fingerprint density at radius 1 is 0.325 bits per heavy atom. The second kappa shape index (κ2) is 50.8. The first kappa shape index (κ1) is 100. The minimum absolute atomic E-state index is 0.351. The molecule has 20 bridgehead atoms. The van der Waals surface area contributed by atoms with Crippen LogP contribution in [-0.4, -0.2) is 129 Å². The molecule has 0 aromatic carbocycles. The van der Waals surface area contributed by atoms with Crippen LogP contribution in [0.5, 0.6) is 0 Å². The molecule has 0 spiro atoms. The van der Waals surface area contributed by atoms with Gasteiger partial charge in [-0.3, -0.25) is 0 Å². The van der Waals surface area contributed by atoms with Crippen molar-refractivity contribution in [3.63, 3.8) is 0 Å². The van der Waals surface area contributed by atoms with Crippen LogP contribution in [0.4, 0.5) is 0 Å². The van der Waals surface area contributed by atoms with Gasteiger partial charge in [-0.25, -0.2) is 0 Å². The third-order valence-electron chi connectivity index (χ3n) is 37.2. The van der Waals surface area contributed by atoms with Gasteiger partial charge >= 0.3 is 0 Å². The zero-order chi connectivity index (χ0) is 85.1. The molecule has 0 amide bonds. The van der Waals surface area contributed by atoms with Gasteiger partial charge in [0, 0.05) is 92.5 Å². The van der Waals surface area contributed by atoms with Gasteiger partial charge in [0.05, 0.1) is 36.6 Å². The van der Waals surface area contributed by atoms with Crippen LogP contribution >= 0.6 is 0 Å². The molecule has 23 aliphatic rings. The van der Waals surface area contributed by atoms with Gasteiger partial charge in [0.2, 0.25) is 0 Å². The van der Waals surface area contributed by atoms with Crippen LogP contribution in [-0.2, 0) is 47.4 Å². The van der Waals surface area contributed by atoms with E-state index in [9.17, 15) is 0 Å². The van der Waals surface area contributed by atoms with Crippen molar-refractivity contribution in [2.24, 2.45) is 158 Å². The number of hydrogen-bond donors (Lipinski definition) is 0. The Kier molecular flexibility index (Phi) is 42.4. The van der Waals surface area contributed by atoms with Gasteiger partial charge in [-0.05, 0) is 459 Å². The maximum absolute atomic E-state index is 6.04. The number of ether oxygens (including phenoxy) is 10. The molecule has 10 nitrogen and oxygen atoms in total. The van der Waals surface area contributed by atoms with E-state index in [1.807, 2.05) is 0 Å². The molecule has 10 heteroatoms. The largest absolute Gasteiger partial charge is 0.382 e. The molecule has 23 rings (SSSR count). The minimum Gasteiger partial charge on any atom is -0.382 e. The van der Waals surface area contributed by atoms with E-state index in [1.165, 1.54) is 276 Å². The standard InChI is InChI=1S/C13H22O.2C12H20O.C12H22O.C12H24O.C11H20O.C10H18O.C10H20O.C9H16O.C9H18O/c1-2-14-9-13-6-10-3-11(7-13)5-12(4-10)8-13;1-2-13-12-6-9-3-10(7-12)5-11(4-9)8-12;1-2-13-12-10-4-8-3-9(6-10)7-11(12)5-8;1-5-13-10-8-9-6-7-12(10,4)11(9,2)3;1-5-13-12-8-10(4)6-7-11(12)9(2)3;1-2-12-6-5-11-8-9-3-4-10(11)7-9;1-2-11-7-10-6-8-3-4-9(10)5-8;1-2-11-9-8-10-6-4-3-5-7-10;1-2-10-9-6-7-3-4-8(9)5-7;1-2-10-8-9-6-4-3-5-7-9/h10-12H,2-9H2,1H3;9-11H,2-8H2,1H3;8-12H,2-7H2,1H3;9-10H,5-8H2,1-4H3;9-12H,5-8H2,1-4H3;9-11H,2-8H2,1H3;8-10H,2-7H2,1H3;10H,2-9H2,1H3;7-9H,2-6H2,1H3;9H,2-8H2,1H3. The van der Waals surface area contributed by atoms with Crippen molar-refractivity contribution < 1.29 is 47.4 Å². The zero-order valence-electron chi connectivity index (χ0n) is 82.1. The Balaban J connectivity index is 0.000000131. The fourth-order valence-electron chi connectivity index (χ4n) is 31.8. The van der Waals surface area contributed by atoms with Crippen LogP contribution in [0.15, 0.2) is 0 Å². The molecule has 0 radical (unpaired) electrons. The Hall–Kier alpha value is -0.400. The second-order valence-electron chi connectivity index (χ2n) is 46.2. The van der Waals surface area contributed by atoms with Gasteiger partial charge in [0.25, 0.3) is 0 Å². The monoisotopic (exact) mass is 1680 g/mol. The van der Waals surface area contributed by atoms with Gasteiger partial charge in [0.1, 0.15) is 0 Å². The summed E-state index contributed by atoms with van der Waals surface area (Å²) in [6, 6.07) is 0. The van der Waals surface area contributed by atoms with Crippen LogP contribution in [0.2, 0.25) is 0 Å². The number of hydrogen-bond acceptors (Lipinski definition) is 10. The molecule has 0 aromatic rings. The Morgan fingerprint density at radius 3 is 1.23 bits per heavy atom. The van der Waals surface area contributed by atoms with E-state index in [4.69, 9.17) is 47.4 Å². The first-order chi connectivity index (χ1) is 58.2. The summed E-state index contributed by atoms with van der Waals surface area (Å²) in [6.45, 7) is 49.4. The first-order valence-electron chi connectivity index (χ1n) is 54.2. The van der Waals surface area contributed by atoms with Gasteiger partial charge in [-0.2, -0.15) is 0 Å². The van der Waals surface area contributed by atoms with E-state index in [1.54, 1.807) is 25.7 Å². The van der Waals surface area contributed by atoms with E-state index < -0.39 is 0 Å². The van der Waals surface area contributed by atoms with Crippen LogP contribution in [0, 0.1) is 158 Å². The van der Waals surface area contributed by atoms with Gasteiger partial charge in [0.15, 0.2) is 0 Å². The molecule has 15 unspecified atom stereocenters. The summed E-state index contributed by atoms with van der Waals surface area (Å²) in [5.74, 6) is 23.8. The topological polar surface area (TPSA) is 92.3 Å². The summed E-state index contributed by atoms with van der Waals surface area (Å²) < 4.78 is 56.6. The van der Waals surface area contributed by atoms with Crippen molar-refractivity contribution in [1.82, 2.24) is 0 Å². The Morgan fingerprint density at radius 2 is 0.783 bits per heavy atom. The fraction of sp³-hybridized carbons (Fsp3) is 1.00. The number of fused-ring (bicyclic) bond motifs is 8. The summed E-state index contributed by atoms with van der Waals surface area (Å²) in [6.07, 6.45) is 70.6. The fourth-order valence-corrected chi connectivity index (χ4v) is 31.8. The lowest BCUT2D eigenvalue weighted by atomic mass is 9.50. The summed E-state index contributed by atoms with van der Waals surface area (Å²) in [5, 5.41) is 0. The quantitative estimate of drug-likeness (QED) is 0.0705. The lowest BCUT2D eigenvalue weighted by molar-refractivity contribution is -0.159. The third kappa shape index (κ3) is 28.8. The summed E-state index contributed by atoms with van der Waals surface area (Å²) in [5.41, 5.74) is 1.94. The van der Waals surface area contributed by atoms with E-state index in [0.29, 0.717) is 46.3 Å². The molecular formula is C110H200O10.